The molecule has 4 aliphatic heterocycles. The molecule has 2 saturated heterocycles. The van der Waals surface area contributed by atoms with Gasteiger partial charge in [0.05, 0.1) is 24.5 Å². The number of dihydropyridines is 1. The molecule has 2 bridgehead atoms. The summed E-state index contributed by atoms with van der Waals surface area (Å²) in [7, 11) is 0. The molecule has 1 aromatic heterocycles. The number of alkyl halides is 3. The van der Waals surface area contributed by atoms with Crippen LogP contribution in [0, 0.1) is 0 Å². The third-order valence-corrected chi connectivity index (χ3v) is 6.92. The first-order chi connectivity index (χ1) is 18.4. The molecular weight excluding hydrogens is 521 g/mol. The van der Waals surface area contributed by atoms with E-state index in [4.69, 9.17) is 14.2 Å². The van der Waals surface area contributed by atoms with Crippen molar-refractivity contribution in [3.63, 3.8) is 0 Å². The third kappa shape index (κ3) is 5.91. The summed E-state index contributed by atoms with van der Waals surface area (Å²) in [6.07, 6.45) is 0.576. The summed E-state index contributed by atoms with van der Waals surface area (Å²) >= 11 is 0. The molecule has 5 rings (SSSR count). The number of anilines is 1. The zero-order valence-corrected chi connectivity index (χ0v) is 21.7. The van der Waals surface area contributed by atoms with Crippen LogP contribution in [-0.2, 0) is 14.3 Å². The molecule has 11 nitrogen and oxygen atoms in total. The van der Waals surface area contributed by atoms with E-state index in [1.807, 2.05) is 19.2 Å². The van der Waals surface area contributed by atoms with Crippen molar-refractivity contribution in [1.82, 2.24) is 25.4 Å². The van der Waals surface area contributed by atoms with E-state index in [-0.39, 0.29) is 24.6 Å². The molecular formula is C25H31F3N6O5. The Morgan fingerprint density at radius 1 is 1.33 bits per heavy atom. The minimum atomic E-state index is -4.57. The normalized spacial score (nSPS) is 26.2. The number of aromatic nitrogens is 1. The summed E-state index contributed by atoms with van der Waals surface area (Å²) in [6, 6.07) is -0.458. The van der Waals surface area contributed by atoms with Crippen LogP contribution in [0.4, 0.5) is 23.8 Å². The third-order valence-electron chi connectivity index (χ3n) is 6.92. The van der Waals surface area contributed by atoms with Gasteiger partial charge in [-0.05, 0) is 45.4 Å². The molecule has 0 aliphatic carbocycles. The van der Waals surface area contributed by atoms with Crippen LogP contribution >= 0.6 is 0 Å². The lowest BCUT2D eigenvalue weighted by Crippen LogP contribution is -2.57. The molecule has 4 aliphatic rings. The quantitative estimate of drug-likeness (QED) is 0.493. The van der Waals surface area contributed by atoms with Gasteiger partial charge in [0, 0.05) is 13.1 Å². The van der Waals surface area contributed by atoms with Crippen molar-refractivity contribution in [1.29, 1.82) is 0 Å². The number of nitrogens with zero attached hydrogens (tertiary/aromatic N) is 3. The van der Waals surface area contributed by atoms with Crippen LogP contribution < -0.4 is 20.7 Å². The zero-order valence-electron chi connectivity index (χ0n) is 21.7. The largest absolute Gasteiger partial charge is 0.489 e. The van der Waals surface area contributed by atoms with Gasteiger partial charge in [-0.2, -0.15) is 13.2 Å². The fourth-order valence-corrected chi connectivity index (χ4v) is 4.89. The van der Waals surface area contributed by atoms with E-state index in [1.54, 1.807) is 18.2 Å². The lowest BCUT2D eigenvalue weighted by atomic mass is 10.1. The van der Waals surface area contributed by atoms with E-state index in [0.717, 1.165) is 6.92 Å². The van der Waals surface area contributed by atoms with Crippen molar-refractivity contribution >= 4 is 17.8 Å². The monoisotopic (exact) mass is 552 g/mol. The molecule has 39 heavy (non-hydrogen) atoms. The average molecular weight is 553 g/mol. The fraction of sp³-hybridized carbons (Fsp3) is 0.560. The number of hydrogen-bond acceptors (Lipinski definition) is 8. The Morgan fingerprint density at radius 3 is 2.79 bits per heavy atom. The van der Waals surface area contributed by atoms with Crippen LogP contribution in [0.15, 0.2) is 42.0 Å². The number of halogens is 3. The van der Waals surface area contributed by atoms with Gasteiger partial charge in [0.25, 0.3) is 0 Å². The number of pyridine rings is 1. The van der Waals surface area contributed by atoms with Crippen LogP contribution in [0.2, 0.25) is 0 Å². The predicted octanol–water partition coefficient (Wildman–Crippen LogP) is 2.30. The Bertz CT molecular complexity index is 1170. The second-order valence-corrected chi connectivity index (χ2v) is 10.3. The second-order valence-electron chi connectivity index (χ2n) is 10.3. The smallest absolute Gasteiger partial charge is 0.408 e. The van der Waals surface area contributed by atoms with Gasteiger partial charge < -0.3 is 29.7 Å². The fourth-order valence-electron chi connectivity index (χ4n) is 4.89. The highest BCUT2D eigenvalue weighted by Crippen LogP contribution is 2.34. The number of carbonyl (C=O) groups is 2. The summed E-state index contributed by atoms with van der Waals surface area (Å²) < 4.78 is 55.8. The van der Waals surface area contributed by atoms with Gasteiger partial charge in [0.1, 0.15) is 42.2 Å². The highest BCUT2D eigenvalue weighted by Gasteiger charge is 2.44. The molecule has 2 unspecified atom stereocenters. The minimum Gasteiger partial charge on any atom is -0.489 e. The van der Waals surface area contributed by atoms with Crippen LogP contribution in [0.3, 0.4) is 0 Å². The number of nitrogens with one attached hydrogen (secondary N) is 3. The van der Waals surface area contributed by atoms with Gasteiger partial charge in [0.15, 0.2) is 5.79 Å². The summed E-state index contributed by atoms with van der Waals surface area (Å²) in [5, 5.41) is 7.71. The van der Waals surface area contributed by atoms with Gasteiger partial charge in [-0.1, -0.05) is 6.08 Å². The Balaban J connectivity index is 1.23. The minimum absolute atomic E-state index is 0.180. The number of rotatable bonds is 6. The zero-order chi connectivity index (χ0) is 27.9. The lowest BCUT2D eigenvalue weighted by Gasteiger charge is -2.41. The molecule has 0 radical (unpaired) electrons. The number of hydrogen-bond donors (Lipinski definition) is 3. The Morgan fingerprint density at radius 2 is 2.13 bits per heavy atom. The number of allylic oxidation sites excluding steroid dienone is 1. The first-order valence-corrected chi connectivity index (χ1v) is 12.7. The molecule has 14 heteroatoms. The highest BCUT2D eigenvalue weighted by atomic mass is 19.4. The van der Waals surface area contributed by atoms with Gasteiger partial charge in [-0.3, -0.25) is 15.0 Å². The maximum atomic E-state index is 13.4. The summed E-state index contributed by atoms with van der Waals surface area (Å²) in [5.41, 5.74) is 0.699. The first kappa shape index (κ1) is 27.1. The van der Waals surface area contributed by atoms with Crippen LogP contribution in [0.25, 0.3) is 0 Å². The Hall–Kier alpha value is -3.52. The Labute approximate surface area is 223 Å². The van der Waals surface area contributed by atoms with E-state index >= 15 is 0 Å². The molecule has 1 aromatic rings. The number of urea groups is 1. The van der Waals surface area contributed by atoms with Crippen molar-refractivity contribution in [3.8, 4) is 5.75 Å². The Kier molecular flexibility index (Phi) is 7.10. The average Bonchev–Trinajstić information content (AvgIpc) is 3.45. The van der Waals surface area contributed by atoms with Crippen molar-refractivity contribution < 1.29 is 37.0 Å². The molecule has 0 aromatic carbocycles. The van der Waals surface area contributed by atoms with E-state index in [0.29, 0.717) is 43.4 Å². The molecule has 3 amide bonds. The predicted molar refractivity (Wildman–Crippen MR) is 132 cm³/mol. The van der Waals surface area contributed by atoms with E-state index in [9.17, 15) is 22.8 Å². The number of amides is 3. The van der Waals surface area contributed by atoms with Crippen molar-refractivity contribution in [2.75, 3.05) is 31.6 Å². The topological polar surface area (TPSA) is 117 Å². The number of ether oxygens (including phenoxy) is 3. The molecule has 212 valence electrons. The highest BCUT2D eigenvalue weighted by molar-refractivity contribution is 5.91. The van der Waals surface area contributed by atoms with Gasteiger partial charge in [-0.15, -0.1) is 0 Å². The molecule has 3 N–H and O–H groups in total. The summed E-state index contributed by atoms with van der Waals surface area (Å²) in [5.74, 6) is -0.334. The molecule has 4 atom stereocenters. The molecule has 2 fully saturated rings. The SMILES string of the molecule is C[C@@H](NC(=O)C1C=CC2=C(N1)N(C(=O)Nc1ccc(OC[C@@H]3COC(C)(C)O3)cn1)C1CCN2C1)C(F)(F)F. The summed E-state index contributed by atoms with van der Waals surface area (Å²) in [4.78, 5) is 33.8. The first-order valence-electron chi connectivity index (χ1n) is 12.7. The van der Waals surface area contributed by atoms with E-state index in [2.05, 4.69) is 20.5 Å². The lowest BCUT2D eigenvalue weighted by molar-refractivity contribution is -0.158. The summed E-state index contributed by atoms with van der Waals surface area (Å²) in [6.45, 7) is 6.56. The van der Waals surface area contributed by atoms with Crippen LogP contribution in [-0.4, -0.2) is 89.2 Å². The number of carbonyl (C=O) groups excluding carboxylic acids is 2. The maximum Gasteiger partial charge on any atom is 0.408 e. The van der Waals surface area contributed by atoms with Gasteiger partial charge in [0.2, 0.25) is 5.91 Å². The molecule has 0 spiro atoms. The molecule has 5 heterocycles. The van der Waals surface area contributed by atoms with Crippen molar-refractivity contribution in [2.24, 2.45) is 0 Å². The van der Waals surface area contributed by atoms with E-state index in [1.165, 1.54) is 17.2 Å². The maximum absolute atomic E-state index is 13.4. The van der Waals surface area contributed by atoms with Crippen molar-refractivity contribution in [2.45, 2.75) is 63.4 Å². The number of fused-ring (bicyclic) bond motifs is 3. The standard InChI is InChI=1S/C25H31F3N6O5/c1-14(25(26,27)28)30-22(35)18-5-6-19-21(31-18)34(15-8-9-33(19)11-15)23(36)32-20-7-4-16(10-29-20)37-12-17-13-38-24(2,3)39-17/h4-7,10,14-15,17-18,31H,8-9,11-13H2,1-3H3,(H,30,35)(H,29,32,36)/t14-,15?,17-,18?/m1/s1. The van der Waals surface area contributed by atoms with Crippen LogP contribution in [0.1, 0.15) is 27.2 Å². The van der Waals surface area contributed by atoms with Crippen molar-refractivity contribution in [3.05, 3.63) is 42.0 Å². The van der Waals surface area contributed by atoms with Crippen LogP contribution in [0.5, 0.6) is 5.75 Å². The van der Waals surface area contributed by atoms with E-state index < -0.39 is 36.0 Å². The second kappa shape index (κ2) is 10.2. The molecule has 0 saturated carbocycles. The van der Waals surface area contributed by atoms with Gasteiger partial charge in [-0.25, -0.2) is 9.78 Å². The van der Waals surface area contributed by atoms with Gasteiger partial charge >= 0.3 is 12.2 Å².